The van der Waals surface area contributed by atoms with Crippen molar-refractivity contribution in [2.45, 2.75) is 19.3 Å². The van der Waals surface area contributed by atoms with Crippen molar-refractivity contribution in [3.63, 3.8) is 0 Å². The number of methoxy groups -OCH3 is 1. The minimum atomic E-state index is -5.05. The van der Waals surface area contributed by atoms with Gasteiger partial charge in [0.1, 0.15) is 11.5 Å². The smallest absolute Gasteiger partial charge is 0.403 e. The molecule has 1 heterocycles. The van der Waals surface area contributed by atoms with Crippen LogP contribution >= 0.6 is 0 Å². The number of nitrogens with zero attached hydrogens (tertiary/aromatic N) is 1. The molecule has 0 bridgehead atoms. The van der Waals surface area contributed by atoms with E-state index < -0.39 is 35.4 Å². The molecule has 1 amide bonds. The zero-order valence-electron chi connectivity index (χ0n) is 17.5. The SMILES string of the molecule is COC[C@@H](NC(=O)c1cc(=O)[nH]c(-c2ccc(C)cc2)n1)c1ccc(OC(F)(F)F)c(F)c1. The van der Waals surface area contributed by atoms with Gasteiger partial charge in [-0.15, -0.1) is 13.2 Å². The molecule has 0 aliphatic carbocycles. The Kier molecular flexibility index (Phi) is 7.12. The van der Waals surface area contributed by atoms with E-state index in [1.54, 1.807) is 12.1 Å². The van der Waals surface area contributed by atoms with Gasteiger partial charge < -0.3 is 19.8 Å². The molecule has 1 atom stereocenters. The Bertz CT molecular complexity index is 1190. The van der Waals surface area contributed by atoms with Crippen LogP contribution in [0.5, 0.6) is 5.75 Å². The minimum Gasteiger partial charge on any atom is -0.403 e. The molecule has 0 fully saturated rings. The van der Waals surface area contributed by atoms with Crippen molar-refractivity contribution in [2.75, 3.05) is 13.7 Å². The van der Waals surface area contributed by atoms with Crippen LogP contribution in [0.4, 0.5) is 17.6 Å². The number of benzene rings is 2. The number of aryl methyl sites for hydroxylation is 1. The largest absolute Gasteiger partial charge is 0.573 e. The van der Waals surface area contributed by atoms with E-state index in [-0.39, 0.29) is 23.7 Å². The van der Waals surface area contributed by atoms with Gasteiger partial charge in [0.05, 0.1) is 12.6 Å². The molecule has 11 heteroatoms. The Morgan fingerprint density at radius 1 is 1.15 bits per heavy atom. The van der Waals surface area contributed by atoms with Crippen LogP contribution in [0.1, 0.15) is 27.7 Å². The number of hydrogen-bond donors (Lipinski definition) is 2. The van der Waals surface area contributed by atoms with Crippen LogP contribution in [-0.2, 0) is 4.74 Å². The van der Waals surface area contributed by atoms with Gasteiger partial charge in [0.15, 0.2) is 11.6 Å². The van der Waals surface area contributed by atoms with Crippen molar-refractivity contribution < 1.29 is 31.8 Å². The molecule has 0 aliphatic heterocycles. The zero-order valence-corrected chi connectivity index (χ0v) is 17.5. The number of carbonyl (C=O) groups is 1. The topological polar surface area (TPSA) is 93.3 Å². The van der Waals surface area contributed by atoms with Crippen molar-refractivity contribution in [3.8, 4) is 17.1 Å². The molecule has 2 aromatic carbocycles. The number of amides is 1. The minimum absolute atomic E-state index is 0.126. The molecule has 33 heavy (non-hydrogen) atoms. The van der Waals surface area contributed by atoms with Gasteiger partial charge in [0, 0.05) is 18.7 Å². The quantitative estimate of drug-likeness (QED) is 0.517. The summed E-state index contributed by atoms with van der Waals surface area (Å²) in [6.45, 7) is 1.77. The second-order valence-corrected chi connectivity index (χ2v) is 7.06. The van der Waals surface area contributed by atoms with Crippen LogP contribution in [0.2, 0.25) is 0 Å². The van der Waals surface area contributed by atoms with Crippen molar-refractivity contribution in [2.24, 2.45) is 0 Å². The highest BCUT2D eigenvalue weighted by molar-refractivity contribution is 5.92. The molecular formula is C22H19F4N3O4. The Morgan fingerprint density at radius 3 is 2.45 bits per heavy atom. The number of aromatic amines is 1. The van der Waals surface area contributed by atoms with Gasteiger partial charge in [0.25, 0.3) is 11.5 Å². The predicted octanol–water partition coefficient (Wildman–Crippen LogP) is 3.90. The van der Waals surface area contributed by atoms with Gasteiger partial charge in [-0.2, -0.15) is 0 Å². The number of H-pyrrole nitrogens is 1. The fourth-order valence-corrected chi connectivity index (χ4v) is 2.98. The van der Waals surface area contributed by atoms with E-state index in [4.69, 9.17) is 4.74 Å². The van der Waals surface area contributed by atoms with Gasteiger partial charge in [0.2, 0.25) is 0 Å². The molecule has 0 saturated heterocycles. The summed E-state index contributed by atoms with van der Waals surface area (Å²) in [4.78, 5) is 31.6. The molecule has 3 aromatic rings. The third kappa shape index (κ3) is 6.39. The van der Waals surface area contributed by atoms with E-state index in [2.05, 4.69) is 20.0 Å². The molecule has 7 nitrogen and oxygen atoms in total. The third-order valence-corrected chi connectivity index (χ3v) is 4.52. The van der Waals surface area contributed by atoms with Crippen molar-refractivity contribution in [3.05, 3.63) is 81.5 Å². The average molecular weight is 465 g/mol. The summed E-state index contributed by atoms with van der Waals surface area (Å²) in [5.41, 5.74) is 0.946. The Hall–Kier alpha value is -3.73. The molecule has 0 unspecified atom stereocenters. The first-order chi connectivity index (χ1) is 15.6. The standard InChI is InChI=1S/C22H19F4N3O4/c1-12-3-5-13(6-4-12)20-27-16(10-19(30)29-20)21(31)28-17(11-32-2)14-7-8-18(15(23)9-14)33-22(24,25)26/h3-10,17H,11H2,1-2H3,(H,28,31)(H,27,29,30)/t17-/m1/s1. The lowest BCUT2D eigenvalue weighted by Gasteiger charge is -2.19. The lowest BCUT2D eigenvalue weighted by atomic mass is 10.1. The lowest BCUT2D eigenvalue weighted by Crippen LogP contribution is -2.33. The number of rotatable bonds is 7. The summed E-state index contributed by atoms with van der Waals surface area (Å²) >= 11 is 0. The van der Waals surface area contributed by atoms with E-state index >= 15 is 0 Å². The molecule has 2 N–H and O–H groups in total. The van der Waals surface area contributed by atoms with Gasteiger partial charge in [-0.05, 0) is 24.6 Å². The van der Waals surface area contributed by atoms with Crippen molar-refractivity contribution in [1.82, 2.24) is 15.3 Å². The second kappa shape index (κ2) is 9.82. The van der Waals surface area contributed by atoms with Gasteiger partial charge >= 0.3 is 6.36 Å². The maximum Gasteiger partial charge on any atom is 0.573 e. The normalized spacial score (nSPS) is 12.3. The van der Waals surface area contributed by atoms with Crippen molar-refractivity contribution >= 4 is 5.91 Å². The zero-order chi connectivity index (χ0) is 24.2. The van der Waals surface area contributed by atoms with Crippen LogP contribution in [0.25, 0.3) is 11.4 Å². The summed E-state index contributed by atoms with van der Waals surface area (Å²) in [5.74, 6) is -2.85. The van der Waals surface area contributed by atoms with Gasteiger partial charge in [-0.1, -0.05) is 35.9 Å². The van der Waals surface area contributed by atoms with Gasteiger partial charge in [-0.25, -0.2) is 9.37 Å². The Balaban J connectivity index is 1.86. The second-order valence-electron chi connectivity index (χ2n) is 7.06. The summed E-state index contributed by atoms with van der Waals surface area (Å²) in [6.07, 6.45) is -5.05. The number of alkyl halides is 3. The first-order valence-electron chi connectivity index (χ1n) is 9.59. The van der Waals surface area contributed by atoms with Crippen LogP contribution in [0.15, 0.2) is 53.3 Å². The van der Waals surface area contributed by atoms with E-state index in [1.807, 2.05) is 19.1 Å². The fourth-order valence-electron chi connectivity index (χ4n) is 2.98. The Labute approximate surface area is 185 Å². The van der Waals surface area contributed by atoms with E-state index in [0.717, 1.165) is 29.8 Å². The molecule has 0 spiro atoms. The van der Waals surface area contributed by atoms with E-state index in [0.29, 0.717) is 5.56 Å². The molecule has 0 radical (unpaired) electrons. The van der Waals surface area contributed by atoms with Crippen LogP contribution < -0.4 is 15.6 Å². The number of halogens is 4. The number of nitrogens with one attached hydrogen (secondary N) is 2. The summed E-state index contributed by atoms with van der Waals surface area (Å²) < 4.78 is 59.9. The predicted molar refractivity (Wildman–Crippen MR) is 110 cm³/mol. The maximum atomic E-state index is 14.1. The highest BCUT2D eigenvalue weighted by atomic mass is 19.4. The summed E-state index contributed by atoms with van der Waals surface area (Å²) in [6, 6.07) is 9.92. The number of ether oxygens (including phenoxy) is 2. The fraction of sp³-hybridized carbons (Fsp3) is 0.227. The average Bonchev–Trinajstić information content (AvgIpc) is 2.74. The summed E-state index contributed by atoms with van der Waals surface area (Å²) in [5, 5.41) is 2.55. The lowest BCUT2D eigenvalue weighted by molar-refractivity contribution is -0.275. The van der Waals surface area contributed by atoms with Crippen LogP contribution in [-0.4, -0.2) is 36.0 Å². The third-order valence-electron chi connectivity index (χ3n) is 4.52. The molecule has 3 rings (SSSR count). The van der Waals surface area contributed by atoms with Gasteiger partial charge in [-0.3, -0.25) is 9.59 Å². The van der Waals surface area contributed by atoms with E-state index in [9.17, 15) is 27.2 Å². The van der Waals surface area contributed by atoms with Crippen LogP contribution in [0.3, 0.4) is 0 Å². The molecular weight excluding hydrogens is 446 g/mol. The highest BCUT2D eigenvalue weighted by Gasteiger charge is 2.32. The van der Waals surface area contributed by atoms with Crippen molar-refractivity contribution in [1.29, 1.82) is 0 Å². The van der Waals surface area contributed by atoms with Crippen LogP contribution in [0, 0.1) is 12.7 Å². The maximum absolute atomic E-state index is 14.1. The molecule has 0 saturated carbocycles. The molecule has 0 aliphatic rings. The number of hydrogen-bond acceptors (Lipinski definition) is 5. The first kappa shape index (κ1) is 23.9. The first-order valence-corrected chi connectivity index (χ1v) is 9.59. The highest BCUT2D eigenvalue weighted by Crippen LogP contribution is 2.28. The molecule has 1 aromatic heterocycles. The monoisotopic (exact) mass is 465 g/mol. The number of aromatic nitrogens is 2. The molecule has 174 valence electrons. The van der Waals surface area contributed by atoms with E-state index in [1.165, 1.54) is 7.11 Å². The number of carbonyl (C=O) groups excluding carboxylic acids is 1. The Morgan fingerprint density at radius 2 is 1.85 bits per heavy atom. The summed E-state index contributed by atoms with van der Waals surface area (Å²) in [7, 11) is 1.33.